The maximum Gasteiger partial charge on any atom is 0.326 e. The fourth-order valence-corrected chi connectivity index (χ4v) is 2.90. The number of carbonyl (C=O) groups excluding carboxylic acids is 2. The number of nitrogens with zero attached hydrogens (tertiary/aromatic N) is 1. The number of hydrogen-bond acceptors (Lipinski definition) is 4. The van der Waals surface area contributed by atoms with Crippen molar-refractivity contribution in [3.8, 4) is 5.75 Å². The predicted octanol–water partition coefficient (Wildman–Crippen LogP) is 1.53. The van der Waals surface area contributed by atoms with Crippen LogP contribution >= 0.6 is 0 Å². The van der Waals surface area contributed by atoms with Gasteiger partial charge in [0.1, 0.15) is 11.8 Å². The number of carboxylic acid groups (broad SMARTS) is 1. The predicted molar refractivity (Wildman–Crippen MR) is 91.5 cm³/mol. The van der Waals surface area contributed by atoms with Gasteiger partial charge in [-0.25, -0.2) is 4.79 Å². The van der Waals surface area contributed by atoms with Gasteiger partial charge in [0.05, 0.1) is 13.2 Å². The van der Waals surface area contributed by atoms with E-state index in [4.69, 9.17) is 4.74 Å². The molecular formula is C18H24N2O5. The maximum absolute atomic E-state index is 12.3. The van der Waals surface area contributed by atoms with E-state index in [1.807, 2.05) is 13.8 Å². The molecule has 0 aliphatic carbocycles. The maximum atomic E-state index is 12.3. The Hall–Kier alpha value is -2.57. The van der Waals surface area contributed by atoms with Crippen LogP contribution in [0.1, 0.15) is 37.0 Å². The molecule has 0 aromatic heterocycles. The third kappa shape index (κ3) is 4.95. The molecule has 136 valence electrons. The van der Waals surface area contributed by atoms with Crippen molar-refractivity contribution in [3.05, 3.63) is 29.8 Å². The van der Waals surface area contributed by atoms with Gasteiger partial charge < -0.3 is 20.1 Å². The molecule has 1 fully saturated rings. The largest absolute Gasteiger partial charge is 0.494 e. The van der Waals surface area contributed by atoms with Crippen LogP contribution in [0.2, 0.25) is 0 Å². The number of carboxylic acids is 1. The first kappa shape index (κ1) is 18.8. The summed E-state index contributed by atoms with van der Waals surface area (Å²) < 4.78 is 5.31. The van der Waals surface area contributed by atoms with Gasteiger partial charge in [-0.05, 0) is 49.9 Å². The van der Waals surface area contributed by atoms with Gasteiger partial charge in [0.25, 0.3) is 5.91 Å². The van der Waals surface area contributed by atoms with Crippen LogP contribution in [0.4, 0.5) is 0 Å². The van der Waals surface area contributed by atoms with E-state index in [0.717, 1.165) is 6.42 Å². The second kappa shape index (κ2) is 8.50. The van der Waals surface area contributed by atoms with Gasteiger partial charge in [0.15, 0.2) is 0 Å². The monoisotopic (exact) mass is 348 g/mol. The van der Waals surface area contributed by atoms with Gasteiger partial charge in [-0.3, -0.25) is 9.59 Å². The molecule has 7 heteroatoms. The van der Waals surface area contributed by atoms with E-state index >= 15 is 0 Å². The smallest absolute Gasteiger partial charge is 0.326 e. The molecule has 1 aromatic carbocycles. The number of aliphatic carboxylic acids is 1. The highest BCUT2D eigenvalue weighted by Crippen LogP contribution is 2.22. The fraction of sp³-hybridized carbons (Fsp3) is 0.500. The third-order valence-electron chi connectivity index (χ3n) is 4.30. The number of piperidine rings is 1. The molecular weight excluding hydrogens is 324 g/mol. The average Bonchev–Trinajstić information content (AvgIpc) is 2.60. The zero-order chi connectivity index (χ0) is 18.4. The lowest BCUT2D eigenvalue weighted by Crippen LogP contribution is -2.52. The summed E-state index contributed by atoms with van der Waals surface area (Å²) in [4.78, 5) is 37.2. The summed E-state index contributed by atoms with van der Waals surface area (Å²) in [6.45, 7) is 4.57. The van der Waals surface area contributed by atoms with Crippen molar-refractivity contribution in [2.75, 3.05) is 19.7 Å². The number of carbonyl (C=O) groups is 3. The molecule has 1 aromatic rings. The average molecular weight is 348 g/mol. The van der Waals surface area contributed by atoms with Crippen molar-refractivity contribution in [3.63, 3.8) is 0 Å². The number of benzene rings is 1. The topological polar surface area (TPSA) is 95.9 Å². The molecule has 2 atom stereocenters. The van der Waals surface area contributed by atoms with Crippen molar-refractivity contribution in [2.45, 2.75) is 32.7 Å². The molecule has 2 unspecified atom stereocenters. The summed E-state index contributed by atoms with van der Waals surface area (Å²) in [6.07, 6.45) is 1.20. The number of amides is 2. The van der Waals surface area contributed by atoms with Gasteiger partial charge in [0, 0.05) is 12.1 Å². The number of likely N-dealkylation sites (tertiary alicyclic amines) is 1. The molecule has 2 amide bonds. The van der Waals surface area contributed by atoms with Gasteiger partial charge in [-0.15, -0.1) is 0 Å². The van der Waals surface area contributed by atoms with Gasteiger partial charge >= 0.3 is 5.97 Å². The van der Waals surface area contributed by atoms with Gasteiger partial charge in [-0.1, -0.05) is 6.92 Å². The van der Waals surface area contributed by atoms with Crippen molar-refractivity contribution < 1.29 is 24.2 Å². The first-order chi connectivity index (χ1) is 11.9. The van der Waals surface area contributed by atoms with Crippen LogP contribution < -0.4 is 10.1 Å². The van der Waals surface area contributed by atoms with E-state index in [0.29, 0.717) is 30.9 Å². The standard InChI is InChI=1S/C18H24N2O5/c1-3-25-14-6-4-13(5-7-14)17(22)19-11-16(21)20-9-8-12(2)10-15(20)18(23)24/h4-7,12,15H,3,8-11H2,1-2H3,(H,19,22)(H,23,24). The van der Waals surface area contributed by atoms with E-state index in [1.165, 1.54) is 4.90 Å². The molecule has 2 N–H and O–H groups in total. The van der Waals surface area contributed by atoms with Crippen LogP contribution in [-0.2, 0) is 9.59 Å². The quantitative estimate of drug-likeness (QED) is 0.813. The Labute approximate surface area is 147 Å². The van der Waals surface area contributed by atoms with Crippen LogP contribution in [0.15, 0.2) is 24.3 Å². The zero-order valence-corrected chi connectivity index (χ0v) is 14.5. The highest BCUT2D eigenvalue weighted by atomic mass is 16.5. The molecule has 0 spiro atoms. The van der Waals surface area contributed by atoms with Crippen molar-refractivity contribution in [1.29, 1.82) is 0 Å². The SMILES string of the molecule is CCOc1ccc(C(=O)NCC(=O)N2CCC(C)CC2C(=O)O)cc1. The number of ether oxygens (including phenoxy) is 1. The Morgan fingerprint density at radius 1 is 1.28 bits per heavy atom. The summed E-state index contributed by atoms with van der Waals surface area (Å²) in [5, 5.41) is 11.9. The molecule has 7 nitrogen and oxygen atoms in total. The van der Waals surface area contributed by atoms with Gasteiger partial charge in [-0.2, -0.15) is 0 Å². The van der Waals surface area contributed by atoms with E-state index in [2.05, 4.69) is 5.32 Å². The molecule has 1 heterocycles. The van der Waals surface area contributed by atoms with Crippen molar-refractivity contribution >= 4 is 17.8 Å². The lowest BCUT2D eigenvalue weighted by atomic mass is 9.92. The minimum absolute atomic E-state index is 0.218. The van der Waals surface area contributed by atoms with Crippen LogP contribution in [0.25, 0.3) is 0 Å². The summed E-state index contributed by atoms with van der Waals surface area (Å²) >= 11 is 0. The Morgan fingerprint density at radius 2 is 1.96 bits per heavy atom. The summed E-state index contributed by atoms with van der Waals surface area (Å²) in [7, 11) is 0. The van der Waals surface area contributed by atoms with Crippen LogP contribution in [0, 0.1) is 5.92 Å². The first-order valence-electron chi connectivity index (χ1n) is 8.45. The molecule has 1 aliphatic rings. The lowest BCUT2D eigenvalue weighted by Gasteiger charge is -2.36. The number of nitrogens with one attached hydrogen (secondary N) is 1. The lowest BCUT2D eigenvalue weighted by molar-refractivity contribution is -0.152. The minimum atomic E-state index is -1.00. The first-order valence-corrected chi connectivity index (χ1v) is 8.45. The molecule has 0 radical (unpaired) electrons. The van der Waals surface area contributed by atoms with Crippen LogP contribution in [0.5, 0.6) is 5.75 Å². The number of hydrogen-bond donors (Lipinski definition) is 2. The Morgan fingerprint density at radius 3 is 2.56 bits per heavy atom. The summed E-state index contributed by atoms with van der Waals surface area (Å²) in [5.41, 5.74) is 0.415. The molecule has 2 rings (SSSR count). The zero-order valence-electron chi connectivity index (χ0n) is 14.5. The van der Waals surface area contributed by atoms with Crippen molar-refractivity contribution in [2.24, 2.45) is 5.92 Å². The van der Waals surface area contributed by atoms with Gasteiger partial charge in [0.2, 0.25) is 5.91 Å². The van der Waals surface area contributed by atoms with Crippen LogP contribution in [0.3, 0.4) is 0 Å². The summed E-state index contributed by atoms with van der Waals surface area (Å²) in [5.74, 6) is -0.824. The Balaban J connectivity index is 1.91. The third-order valence-corrected chi connectivity index (χ3v) is 4.30. The Kier molecular flexibility index (Phi) is 6.38. The molecule has 1 saturated heterocycles. The number of rotatable bonds is 6. The normalized spacial score (nSPS) is 20.0. The van der Waals surface area contributed by atoms with Crippen molar-refractivity contribution in [1.82, 2.24) is 10.2 Å². The van der Waals surface area contributed by atoms with E-state index in [1.54, 1.807) is 24.3 Å². The second-order valence-corrected chi connectivity index (χ2v) is 6.21. The molecule has 0 bridgehead atoms. The Bertz CT molecular complexity index is 629. The molecule has 25 heavy (non-hydrogen) atoms. The van der Waals surface area contributed by atoms with E-state index in [-0.39, 0.29) is 24.3 Å². The highest BCUT2D eigenvalue weighted by molar-refractivity contribution is 5.97. The summed E-state index contributed by atoms with van der Waals surface area (Å²) in [6, 6.07) is 5.79. The molecule has 0 saturated carbocycles. The van der Waals surface area contributed by atoms with E-state index in [9.17, 15) is 19.5 Å². The fourth-order valence-electron chi connectivity index (χ4n) is 2.90. The highest BCUT2D eigenvalue weighted by Gasteiger charge is 2.34. The molecule has 1 aliphatic heterocycles. The van der Waals surface area contributed by atoms with E-state index < -0.39 is 12.0 Å². The minimum Gasteiger partial charge on any atom is -0.494 e. The van der Waals surface area contributed by atoms with Crippen LogP contribution in [-0.4, -0.2) is 53.5 Å². The second-order valence-electron chi connectivity index (χ2n) is 6.21.